The van der Waals surface area contributed by atoms with Gasteiger partial charge in [0, 0.05) is 61.1 Å². The SMILES string of the molecule is C=CC(=O)N1CCN(C2(C3CCCCCC3)NC(OCC3CCCN3C)NC3C[C@]4(CCC32)Cc2c(Cl)cccc2O4)CC1CC#N. The standard InChI is InChI=1S/C37H53ClN6O3/c1-3-34(45)44-21-20-43(24-27(44)16-18-39)37(26-10-6-4-5-7-11-26)30-15-17-36(22-29-31(38)13-8-14-33(29)47-36)23-32(30)40-35(41-37)46-25-28-12-9-19-42(28)2/h3,8,13-14,26-28,30,32,35,40-41H,1,4-7,9-12,15-17,19-25H2,2H3/t27?,28?,30?,32?,35?,36-,37?/m0/s1. The molecule has 4 heterocycles. The van der Waals surface area contributed by atoms with Crippen LogP contribution in [0.3, 0.4) is 0 Å². The van der Waals surface area contributed by atoms with Gasteiger partial charge in [0.25, 0.3) is 0 Å². The molecule has 47 heavy (non-hydrogen) atoms. The zero-order valence-corrected chi connectivity index (χ0v) is 28.9. The van der Waals surface area contributed by atoms with E-state index in [0.29, 0.717) is 44.0 Å². The third-order valence-corrected chi connectivity index (χ3v) is 12.9. The van der Waals surface area contributed by atoms with Crippen molar-refractivity contribution in [3.8, 4) is 11.8 Å². The lowest BCUT2D eigenvalue weighted by atomic mass is 9.63. The zero-order chi connectivity index (χ0) is 32.6. The van der Waals surface area contributed by atoms with Crippen molar-refractivity contribution in [3.63, 3.8) is 0 Å². The number of carbonyl (C=O) groups excluding carboxylic acids is 1. The number of nitrogens with zero attached hydrogens (tertiary/aromatic N) is 4. The number of piperazine rings is 1. The fourth-order valence-corrected chi connectivity index (χ4v) is 10.5. The first-order valence-corrected chi connectivity index (χ1v) is 18.6. The highest BCUT2D eigenvalue weighted by Crippen LogP contribution is 2.53. The van der Waals surface area contributed by atoms with Crippen molar-refractivity contribution < 1.29 is 14.3 Å². The number of hydrogen-bond acceptors (Lipinski definition) is 8. The van der Waals surface area contributed by atoms with E-state index in [9.17, 15) is 10.1 Å². The summed E-state index contributed by atoms with van der Waals surface area (Å²) in [5, 5.41) is 18.9. The average molecular weight is 665 g/mol. The van der Waals surface area contributed by atoms with Gasteiger partial charge in [-0.25, -0.2) is 0 Å². The molecule has 4 aliphatic heterocycles. The molecule has 5 fully saturated rings. The van der Waals surface area contributed by atoms with Gasteiger partial charge in [0.1, 0.15) is 11.4 Å². The maximum atomic E-state index is 12.9. The molecule has 2 saturated carbocycles. The molecule has 2 aliphatic carbocycles. The average Bonchev–Trinajstić information content (AvgIpc) is 3.53. The molecule has 3 saturated heterocycles. The molecule has 10 heteroatoms. The van der Waals surface area contributed by atoms with E-state index < -0.39 is 0 Å². The molecule has 1 amide bonds. The molecule has 256 valence electrons. The Kier molecular flexibility index (Phi) is 9.90. The summed E-state index contributed by atoms with van der Waals surface area (Å²) in [6, 6.07) is 8.85. The van der Waals surface area contributed by atoms with Gasteiger partial charge in [-0.2, -0.15) is 5.26 Å². The summed E-state index contributed by atoms with van der Waals surface area (Å²) in [4.78, 5) is 19.9. The molecular weight excluding hydrogens is 612 g/mol. The van der Waals surface area contributed by atoms with Crippen molar-refractivity contribution in [1.82, 2.24) is 25.3 Å². The Balaban J connectivity index is 1.24. The number of rotatable bonds is 7. The first-order valence-electron chi connectivity index (χ1n) is 18.2. The van der Waals surface area contributed by atoms with Crippen LogP contribution in [0.1, 0.15) is 82.6 Å². The number of fused-ring (bicyclic) bond motifs is 2. The molecule has 0 aromatic heterocycles. The lowest BCUT2D eigenvalue weighted by Gasteiger charge is -2.64. The summed E-state index contributed by atoms with van der Waals surface area (Å²) in [7, 11) is 2.21. The predicted molar refractivity (Wildman–Crippen MR) is 183 cm³/mol. The number of hydrogen-bond donors (Lipinski definition) is 2. The van der Waals surface area contributed by atoms with E-state index in [1.165, 1.54) is 51.0 Å². The minimum absolute atomic E-state index is 0.0809. The van der Waals surface area contributed by atoms with Gasteiger partial charge in [-0.1, -0.05) is 49.9 Å². The molecule has 0 radical (unpaired) electrons. The predicted octanol–water partition coefficient (Wildman–Crippen LogP) is 5.05. The largest absolute Gasteiger partial charge is 0.487 e. The first kappa shape index (κ1) is 33.3. The van der Waals surface area contributed by atoms with Gasteiger partial charge in [0.15, 0.2) is 6.35 Å². The fraction of sp³-hybridized carbons (Fsp3) is 0.730. The van der Waals surface area contributed by atoms with Gasteiger partial charge in [-0.05, 0) is 76.2 Å². The number of likely N-dealkylation sites (tertiary alicyclic amines) is 1. The lowest BCUT2D eigenvalue weighted by molar-refractivity contribution is -0.189. The molecule has 6 unspecified atom stereocenters. The molecule has 7 atom stereocenters. The molecule has 1 aromatic carbocycles. The molecular formula is C37H53ClN6O3. The van der Waals surface area contributed by atoms with Crippen LogP contribution in [0.2, 0.25) is 5.02 Å². The van der Waals surface area contributed by atoms with E-state index in [2.05, 4.69) is 46.2 Å². The Bertz CT molecular complexity index is 1350. The highest BCUT2D eigenvalue weighted by molar-refractivity contribution is 6.31. The van der Waals surface area contributed by atoms with Gasteiger partial charge in [0.05, 0.1) is 30.8 Å². The van der Waals surface area contributed by atoms with Crippen LogP contribution in [0.4, 0.5) is 0 Å². The normalized spacial score (nSPS) is 36.7. The lowest BCUT2D eigenvalue weighted by Crippen LogP contribution is -2.82. The van der Waals surface area contributed by atoms with Crippen LogP contribution in [-0.4, -0.2) is 96.2 Å². The van der Waals surface area contributed by atoms with E-state index in [4.69, 9.17) is 21.1 Å². The van der Waals surface area contributed by atoms with E-state index >= 15 is 0 Å². The number of amides is 1. The smallest absolute Gasteiger partial charge is 0.246 e. The van der Waals surface area contributed by atoms with E-state index in [1.54, 1.807) is 0 Å². The number of nitrogens with one attached hydrogen (secondary N) is 2. The third-order valence-electron chi connectivity index (χ3n) is 12.6. The van der Waals surface area contributed by atoms with Crippen molar-refractivity contribution in [1.29, 1.82) is 5.26 Å². The third kappa shape index (κ3) is 6.35. The molecule has 9 nitrogen and oxygen atoms in total. The van der Waals surface area contributed by atoms with Crippen molar-refractivity contribution >= 4 is 17.5 Å². The van der Waals surface area contributed by atoms with E-state index in [1.807, 2.05) is 17.0 Å². The topological polar surface area (TPSA) is 93.1 Å². The highest BCUT2D eigenvalue weighted by Gasteiger charge is 2.61. The summed E-state index contributed by atoms with van der Waals surface area (Å²) < 4.78 is 13.7. The molecule has 1 spiro atoms. The Labute approximate surface area is 285 Å². The fourth-order valence-electron chi connectivity index (χ4n) is 10.3. The maximum Gasteiger partial charge on any atom is 0.246 e. The number of nitriles is 1. The summed E-state index contributed by atoms with van der Waals surface area (Å²) in [6.07, 6.45) is 14.8. The quantitative estimate of drug-likeness (QED) is 0.309. The van der Waals surface area contributed by atoms with Crippen LogP contribution in [-0.2, 0) is 16.0 Å². The molecule has 0 bridgehead atoms. The summed E-state index contributed by atoms with van der Waals surface area (Å²) in [6.45, 7) is 7.59. The second-order valence-electron chi connectivity index (χ2n) is 15.1. The van der Waals surface area contributed by atoms with Gasteiger partial charge in [-0.3, -0.25) is 20.3 Å². The Morgan fingerprint density at radius 3 is 2.70 bits per heavy atom. The van der Waals surface area contributed by atoms with Crippen molar-refractivity contribution in [3.05, 3.63) is 41.4 Å². The number of likely N-dealkylation sites (N-methyl/N-ethyl adjacent to an activating group) is 1. The van der Waals surface area contributed by atoms with Gasteiger partial charge in [0.2, 0.25) is 5.91 Å². The highest BCUT2D eigenvalue weighted by atomic mass is 35.5. The van der Waals surface area contributed by atoms with Crippen LogP contribution in [0, 0.1) is 23.2 Å². The number of ether oxygens (including phenoxy) is 2. The maximum absolute atomic E-state index is 12.9. The second kappa shape index (κ2) is 14.0. The molecule has 2 N–H and O–H groups in total. The zero-order valence-electron chi connectivity index (χ0n) is 28.1. The Morgan fingerprint density at radius 1 is 1.15 bits per heavy atom. The minimum atomic E-state index is -0.325. The van der Waals surface area contributed by atoms with Crippen molar-refractivity contribution in [2.75, 3.05) is 39.8 Å². The number of benzene rings is 1. The van der Waals surface area contributed by atoms with Crippen LogP contribution >= 0.6 is 11.6 Å². The molecule has 1 aromatic rings. The molecule has 7 rings (SSSR count). The van der Waals surface area contributed by atoms with Crippen LogP contribution < -0.4 is 15.4 Å². The summed E-state index contributed by atoms with van der Waals surface area (Å²) >= 11 is 6.70. The van der Waals surface area contributed by atoms with E-state index in [-0.39, 0.29) is 35.6 Å². The van der Waals surface area contributed by atoms with Crippen LogP contribution in [0.25, 0.3) is 0 Å². The Hall–Kier alpha value is -2.19. The van der Waals surface area contributed by atoms with Gasteiger partial charge < -0.3 is 19.3 Å². The Morgan fingerprint density at radius 2 is 1.98 bits per heavy atom. The monoisotopic (exact) mass is 664 g/mol. The van der Waals surface area contributed by atoms with Crippen LogP contribution in [0.5, 0.6) is 5.75 Å². The minimum Gasteiger partial charge on any atom is -0.487 e. The van der Waals surface area contributed by atoms with Crippen LogP contribution in [0.15, 0.2) is 30.9 Å². The van der Waals surface area contributed by atoms with Crippen molar-refractivity contribution in [2.45, 2.75) is 119 Å². The number of halogens is 1. The van der Waals surface area contributed by atoms with E-state index in [0.717, 1.165) is 61.5 Å². The number of carbonyl (C=O) groups is 1. The first-order chi connectivity index (χ1) is 22.9. The summed E-state index contributed by atoms with van der Waals surface area (Å²) in [5.74, 6) is 1.61. The van der Waals surface area contributed by atoms with Crippen molar-refractivity contribution in [2.24, 2.45) is 11.8 Å². The van der Waals surface area contributed by atoms with Gasteiger partial charge in [-0.15, -0.1) is 0 Å². The molecule has 6 aliphatic rings. The van der Waals surface area contributed by atoms with Gasteiger partial charge >= 0.3 is 0 Å². The second-order valence-corrected chi connectivity index (χ2v) is 15.6. The summed E-state index contributed by atoms with van der Waals surface area (Å²) in [5.41, 5.74) is 0.521.